The van der Waals surface area contributed by atoms with Crippen molar-refractivity contribution in [3.05, 3.63) is 77.6 Å². The van der Waals surface area contributed by atoms with Crippen LogP contribution < -0.4 is 0 Å². The molecule has 0 bridgehead atoms. The number of rotatable bonds is 6. The number of carbonyl (C=O) groups is 2. The summed E-state index contributed by atoms with van der Waals surface area (Å²) in [5.74, 6) is -0.317. The Morgan fingerprint density at radius 2 is 1.83 bits per heavy atom. The maximum absolute atomic E-state index is 13.4. The molecule has 0 aliphatic carbocycles. The minimum Gasteiger partial charge on any atom is -0.339 e. The second kappa shape index (κ2) is 10.0. The number of hydrogen-bond acceptors (Lipinski definition) is 2. The second-order valence-corrected chi connectivity index (χ2v) is 7.33. The minimum absolute atomic E-state index is 0.0214. The zero-order valence-corrected chi connectivity index (χ0v) is 16.8. The van der Waals surface area contributed by atoms with Gasteiger partial charge in [0.25, 0.3) is 0 Å². The topological polar surface area (TPSA) is 40.6 Å². The van der Waals surface area contributed by atoms with E-state index in [2.05, 4.69) is 0 Å². The summed E-state index contributed by atoms with van der Waals surface area (Å²) in [7, 11) is 0. The highest BCUT2D eigenvalue weighted by Crippen LogP contribution is 2.21. The molecule has 0 unspecified atom stereocenters. The highest BCUT2D eigenvalue weighted by atomic mass is 19.1. The molecule has 0 aromatic heterocycles. The standard InChI is InChI=1S/C24H27FN2O2/c1-2-26(18-20-9-6-10-22(25)17-20)24(29)21-13-15-27(16-14-21)23(28)12-11-19-7-4-3-5-8-19/h3-12,17,21H,2,13-16,18H2,1H3. The molecule has 2 aromatic rings. The van der Waals surface area contributed by atoms with Crippen LogP contribution >= 0.6 is 0 Å². The van der Waals surface area contributed by atoms with E-state index in [1.54, 1.807) is 21.9 Å². The molecular weight excluding hydrogens is 367 g/mol. The van der Waals surface area contributed by atoms with Crippen LogP contribution in [0, 0.1) is 11.7 Å². The molecule has 3 rings (SSSR count). The van der Waals surface area contributed by atoms with E-state index in [1.807, 2.05) is 49.4 Å². The third kappa shape index (κ3) is 5.76. The first-order valence-electron chi connectivity index (χ1n) is 10.1. The zero-order valence-electron chi connectivity index (χ0n) is 16.8. The van der Waals surface area contributed by atoms with E-state index in [4.69, 9.17) is 0 Å². The molecule has 0 atom stereocenters. The second-order valence-electron chi connectivity index (χ2n) is 7.33. The predicted molar refractivity (Wildman–Crippen MR) is 112 cm³/mol. The van der Waals surface area contributed by atoms with E-state index in [1.165, 1.54) is 12.1 Å². The lowest BCUT2D eigenvalue weighted by Gasteiger charge is -2.33. The Kier molecular flexibility index (Phi) is 7.17. The molecule has 5 heteroatoms. The fourth-order valence-electron chi connectivity index (χ4n) is 3.64. The molecule has 0 radical (unpaired) electrons. The monoisotopic (exact) mass is 394 g/mol. The lowest BCUT2D eigenvalue weighted by atomic mass is 9.95. The summed E-state index contributed by atoms with van der Waals surface area (Å²) in [4.78, 5) is 28.9. The summed E-state index contributed by atoms with van der Waals surface area (Å²) in [5, 5.41) is 0. The molecule has 29 heavy (non-hydrogen) atoms. The van der Waals surface area contributed by atoms with Crippen LogP contribution in [0.1, 0.15) is 30.9 Å². The summed E-state index contributed by atoms with van der Waals surface area (Å²) in [6, 6.07) is 16.1. The van der Waals surface area contributed by atoms with E-state index >= 15 is 0 Å². The van der Waals surface area contributed by atoms with Gasteiger partial charge in [0.05, 0.1) is 0 Å². The Morgan fingerprint density at radius 1 is 1.10 bits per heavy atom. The van der Waals surface area contributed by atoms with Gasteiger partial charge >= 0.3 is 0 Å². The van der Waals surface area contributed by atoms with Gasteiger partial charge in [0.2, 0.25) is 11.8 Å². The highest BCUT2D eigenvalue weighted by Gasteiger charge is 2.29. The molecule has 1 saturated heterocycles. The van der Waals surface area contributed by atoms with Gasteiger partial charge in [0.1, 0.15) is 5.82 Å². The number of carbonyl (C=O) groups excluding carboxylic acids is 2. The third-order valence-corrected chi connectivity index (χ3v) is 5.33. The zero-order chi connectivity index (χ0) is 20.6. The van der Waals surface area contributed by atoms with Crippen LogP contribution in [0.2, 0.25) is 0 Å². The Morgan fingerprint density at radius 3 is 2.48 bits per heavy atom. The van der Waals surface area contributed by atoms with Crippen molar-refractivity contribution in [1.29, 1.82) is 0 Å². The van der Waals surface area contributed by atoms with Gasteiger partial charge in [-0.1, -0.05) is 42.5 Å². The van der Waals surface area contributed by atoms with Crippen molar-refractivity contribution in [2.45, 2.75) is 26.3 Å². The summed E-state index contributed by atoms with van der Waals surface area (Å²) in [6.07, 6.45) is 4.73. The first-order chi connectivity index (χ1) is 14.1. The molecule has 0 spiro atoms. The Bertz CT molecular complexity index is 858. The molecule has 4 nitrogen and oxygen atoms in total. The summed E-state index contributed by atoms with van der Waals surface area (Å²) in [5.41, 5.74) is 1.78. The molecule has 0 N–H and O–H groups in total. The molecule has 1 heterocycles. The van der Waals surface area contributed by atoms with Crippen molar-refractivity contribution >= 4 is 17.9 Å². The number of halogens is 1. The quantitative estimate of drug-likeness (QED) is 0.692. The highest BCUT2D eigenvalue weighted by molar-refractivity contribution is 5.92. The predicted octanol–water partition coefficient (Wildman–Crippen LogP) is 4.13. The molecular formula is C24H27FN2O2. The van der Waals surface area contributed by atoms with Crippen molar-refractivity contribution < 1.29 is 14.0 Å². The van der Waals surface area contributed by atoms with Gasteiger partial charge in [-0.2, -0.15) is 0 Å². The molecule has 2 amide bonds. The summed E-state index contributed by atoms with van der Waals surface area (Å²) < 4.78 is 13.4. The number of piperidine rings is 1. The normalized spacial score (nSPS) is 14.9. The van der Waals surface area contributed by atoms with E-state index in [0.29, 0.717) is 39.0 Å². The van der Waals surface area contributed by atoms with Gasteiger partial charge in [-0.15, -0.1) is 0 Å². The number of nitrogens with zero attached hydrogens (tertiary/aromatic N) is 2. The van der Waals surface area contributed by atoms with Gasteiger partial charge in [0, 0.05) is 38.2 Å². The van der Waals surface area contributed by atoms with Crippen LogP contribution in [-0.4, -0.2) is 41.2 Å². The average Bonchev–Trinajstić information content (AvgIpc) is 2.76. The molecule has 152 valence electrons. The van der Waals surface area contributed by atoms with E-state index in [0.717, 1.165) is 11.1 Å². The van der Waals surface area contributed by atoms with Gasteiger partial charge in [-0.05, 0) is 49.1 Å². The molecule has 2 aromatic carbocycles. The molecule has 1 aliphatic heterocycles. The first kappa shape index (κ1) is 20.8. The van der Waals surface area contributed by atoms with Crippen molar-refractivity contribution in [2.24, 2.45) is 5.92 Å². The van der Waals surface area contributed by atoms with Crippen LogP contribution in [0.25, 0.3) is 6.08 Å². The lowest BCUT2D eigenvalue weighted by Crippen LogP contribution is -2.43. The molecule has 1 fully saturated rings. The van der Waals surface area contributed by atoms with Crippen LogP contribution in [-0.2, 0) is 16.1 Å². The number of likely N-dealkylation sites (tertiary alicyclic amines) is 1. The number of benzene rings is 2. The number of amides is 2. The average molecular weight is 394 g/mol. The summed E-state index contributed by atoms with van der Waals surface area (Å²) in [6.45, 7) is 4.07. The minimum atomic E-state index is -0.290. The van der Waals surface area contributed by atoms with Crippen molar-refractivity contribution in [2.75, 3.05) is 19.6 Å². The van der Waals surface area contributed by atoms with E-state index in [9.17, 15) is 14.0 Å². The van der Waals surface area contributed by atoms with Crippen LogP contribution in [0.15, 0.2) is 60.7 Å². The van der Waals surface area contributed by atoms with Crippen LogP contribution in [0.3, 0.4) is 0 Å². The Labute approximate surface area is 171 Å². The van der Waals surface area contributed by atoms with Crippen LogP contribution in [0.4, 0.5) is 4.39 Å². The van der Waals surface area contributed by atoms with Crippen molar-refractivity contribution in [1.82, 2.24) is 9.80 Å². The van der Waals surface area contributed by atoms with Gasteiger partial charge < -0.3 is 9.80 Å². The molecule has 0 saturated carbocycles. The van der Waals surface area contributed by atoms with Gasteiger partial charge in [-0.3, -0.25) is 9.59 Å². The van der Waals surface area contributed by atoms with Crippen LogP contribution in [0.5, 0.6) is 0 Å². The maximum atomic E-state index is 13.4. The SMILES string of the molecule is CCN(Cc1cccc(F)c1)C(=O)C1CCN(C(=O)C=Cc2ccccc2)CC1. The van der Waals surface area contributed by atoms with E-state index < -0.39 is 0 Å². The first-order valence-corrected chi connectivity index (χ1v) is 10.1. The van der Waals surface area contributed by atoms with E-state index in [-0.39, 0.29) is 23.5 Å². The van der Waals surface area contributed by atoms with Gasteiger partial charge in [0.15, 0.2) is 0 Å². The fourth-order valence-corrected chi connectivity index (χ4v) is 3.64. The summed E-state index contributed by atoms with van der Waals surface area (Å²) >= 11 is 0. The van der Waals surface area contributed by atoms with Gasteiger partial charge in [-0.25, -0.2) is 4.39 Å². The number of hydrogen-bond donors (Lipinski definition) is 0. The fraction of sp³-hybridized carbons (Fsp3) is 0.333. The largest absolute Gasteiger partial charge is 0.339 e. The Balaban J connectivity index is 1.52. The van der Waals surface area contributed by atoms with Crippen molar-refractivity contribution in [3.63, 3.8) is 0 Å². The lowest BCUT2D eigenvalue weighted by molar-refractivity contribution is -0.139. The Hall–Kier alpha value is -2.95. The smallest absolute Gasteiger partial charge is 0.246 e. The third-order valence-electron chi connectivity index (χ3n) is 5.33. The van der Waals surface area contributed by atoms with Crippen molar-refractivity contribution in [3.8, 4) is 0 Å². The molecule has 1 aliphatic rings. The maximum Gasteiger partial charge on any atom is 0.246 e.